The van der Waals surface area contributed by atoms with E-state index in [0.717, 1.165) is 11.1 Å². The number of carbonyl (C=O) groups excluding carboxylic acids is 1. The van der Waals surface area contributed by atoms with E-state index in [1.165, 1.54) is 0 Å². The predicted molar refractivity (Wildman–Crippen MR) is 79.6 cm³/mol. The van der Waals surface area contributed by atoms with Crippen molar-refractivity contribution in [2.75, 3.05) is 6.54 Å². The molecular formula is C16H22N2O3. The van der Waals surface area contributed by atoms with Crippen molar-refractivity contribution in [3.05, 3.63) is 35.4 Å². The Labute approximate surface area is 124 Å². The molecule has 0 saturated carbocycles. The highest BCUT2D eigenvalue weighted by molar-refractivity contribution is 5.80. The Kier molecular flexibility index (Phi) is 4.96. The van der Waals surface area contributed by atoms with Crippen LogP contribution in [0.3, 0.4) is 0 Å². The second-order valence-corrected chi connectivity index (χ2v) is 5.65. The molecule has 5 heteroatoms. The third-order valence-corrected chi connectivity index (χ3v) is 4.23. The number of amides is 1. The summed E-state index contributed by atoms with van der Waals surface area (Å²) < 4.78 is 0. The van der Waals surface area contributed by atoms with E-state index in [2.05, 4.69) is 0 Å². The fraction of sp³-hybridized carbons (Fsp3) is 0.500. The largest absolute Gasteiger partial charge is 0.481 e. The first-order valence-electron chi connectivity index (χ1n) is 7.32. The molecule has 114 valence electrons. The zero-order chi connectivity index (χ0) is 15.4. The molecule has 0 radical (unpaired) electrons. The van der Waals surface area contributed by atoms with Gasteiger partial charge in [-0.25, -0.2) is 0 Å². The van der Waals surface area contributed by atoms with Crippen molar-refractivity contribution in [1.29, 1.82) is 0 Å². The molecular weight excluding hydrogens is 268 g/mol. The maximum atomic E-state index is 12.5. The Balaban J connectivity index is 2.02. The van der Waals surface area contributed by atoms with Gasteiger partial charge in [0.15, 0.2) is 0 Å². The van der Waals surface area contributed by atoms with Gasteiger partial charge in [-0.2, -0.15) is 0 Å². The molecule has 1 fully saturated rings. The van der Waals surface area contributed by atoms with Crippen LogP contribution >= 0.6 is 0 Å². The molecule has 2 unspecified atom stereocenters. The van der Waals surface area contributed by atoms with Crippen LogP contribution in [-0.4, -0.2) is 34.5 Å². The lowest BCUT2D eigenvalue weighted by molar-refractivity contribution is -0.147. The van der Waals surface area contributed by atoms with Crippen LogP contribution in [-0.2, 0) is 22.6 Å². The van der Waals surface area contributed by atoms with Crippen molar-refractivity contribution in [2.24, 2.45) is 11.7 Å². The number of hydrogen-bond donors (Lipinski definition) is 2. The van der Waals surface area contributed by atoms with Crippen LogP contribution < -0.4 is 5.73 Å². The summed E-state index contributed by atoms with van der Waals surface area (Å²) in [6.07, 6.45) is 1.39. The van der Waals surface area contributed by atoms with Crippen LogP contribution in [0.2, 0.25) is 0 Å². The summed E-state index contributed by atoms with van der Waals surface area (Å²) in [5, 5.41) is 9.07. The van der Waals surface area contributed by atoms with E-state index in [-0.39, 0.29) is 17.9 Å². The van der Waals surface area contributed by atoms with Crippen LogP contribution in [0.25, 0.3) is 0 Å². The molecule has 0 aromatic heterocycles. The van der Waals surface area contributed by atoms with Gasteiger partial charge < -0.3 is 15.7 Å². The van der Waals surface area contributed by atoms with Crippen molar-refractivity contribution in [3.63, 3.8) is 0 Å². The summed E-state index contributed by atoms with van der Waals surface area (Å²) in [4.78, 5) is 25.3. The van der Waals surface area contributed by atoms with E-state index in [1.54, 1.807) is 4.90 Å². The molecule has 2 rings (SSSR count). The average molecular weight is 290 g/mol. The minimum atomic E-state index is -0.762. The van der Waals surface area contributed by atoms with Crippen molar-refractivity contribution >= 4 is 11.9 Å². The quantitative estimate of drug-likeness (QED) is 0.878. The van der Waals surface area contributed by atoms with Gasteiger partial charge in [-0.15, -0.1) is 0 Å². The SMILES string of the molecule is CC1CC(C(=O)O)CCN1C(=O)Cc1ccccc1CN. The van der Waals surface area contributed by atoms with Gasteiger partial charge in [-0.3, -0.25) is 9.59 Å². The standard InChI is InChI=1S/C16H22N2O3/c1-11-8-13(16(20)21)6-7-18(11)15(19)9-12-4-2-3-5-14(12)10-17/h2-5,11,13H,6-10,17H2,1H3,(H,20,21). The number of rotatable bonds is 4. The fourth-order valence-corrected chi connectivity index (χ4v) is 2.96. The van der Waals surface area contributed by atoms with Crippen LogP contribution in [0.15, 0.2) is 24.3 Å². The minimum Gasteiger partial charge on any atom is -0.481 e. The predicted octanol–water partition coefficient (Wildman–Crippen LogP) is 1.40. The van der Waals surface area contributed by atoms with Crippen molar-refractivity contribution in [3.8, 4) is 0 Å². The number of hydrogen-bond acceptors (Lipinski definition) is 3. The number of piperidine rings is 1. The molecule has 2 atom stereocenters. The molecule has 1 aliphatic rings. The fourth-order valence-electron chi connectivity index (χ4n) is 2.96. The van der Waals surface area contributed by atoms with Gasteiger partial charge in [0.1, 0.15) is 0 Å². The maximum absolute atomic E-state index is 12.5. The molecule has 1 aromatic rings. The Bertz CT molecular complexity index is 530. The molecule has 1 aliphatic heterocycles. The summed E-state index contributed by atoms with van der Waals surface area (Å²) in [7, 11) is 0. The minimum absolute atomic E-state index is 0.0302. The smallest absolute Gasteiger partial charge is 0.306 e. The van der Waals surface area contributed by atoms with E-state index in [4.69, 9.17) is 10.8 Å². The van der Waals surface area contributed by atoms with Gasteiger partial charge in [-0.1, -0.05) is 24.3 Å². The zero-order valence-electron chi connectivity index (χ0n) is 12.3. The van der Waals surface area contributed by atoms with Crippen molar-refractivity contribution in [2.45, 2.75) is 38.8 Å². The van der Waals surface area contributed by atoms with E-state index in [0.29, 0.717) is 32.4 Å². The van der Waals surface area contributed by atoms with Crippen LogP contribution in [0.5, 0.6) is 0 Å². The number of carboxylic acids is 1. The van der Waals surface area contributed by atoms with Gasteiger partial charge in [0.25, 0.3) is 0 Å². The molecule has 21 heavy (non-hydrogen) atoms. The first-order chi connectivity index (χ1) is 10.0. The lowest BCUT2D eigenvalue weighted by atomic mass is 9.91. The summed E-state index contributed by atoms with van der Waals surface area (Å²) >= 11 is 0. The molecule has 0 spiro atoms. The van der Waals surface area contributed by atoms with E-state index in [1.807, 2.05) is 31.2 Å². The Hall–Kier alpha value is -1.88. The number of nitrogens with zero attached hydrogens (tertiary/aromatic N) is 1. The molecule has 1 saturated heterocycles. The van der Waals surface area contributed by atoms with Crippen LogP contribution in [0, 0.1) is 5.92 Å². The first-order valence-corrected chi connectivity index (χ1v) is 7.32. The number of carbonyl (C=O) groups is 2. The number of nitrogens with two attached hydrogens (primary N) is 1. The lowest BCUT2D eigenvalue weighted by Crippen LogP contribution is -2.46. The molecule has 0 aliphatic carbocycles. The van der Waals surface area contributed by atoms with Gasteiger partial charge in [-0.05, 0) is 30.9 Å². The van der Waals surface area contributed by atoms with Crippen LogP contribution in [0.1, 0.15) is 30.9 Å². The Morgan fingerprint density at radius 2 is 2.00 bits per heavy atom. The number of benzene rings is 1. The lowest BCUT2D eigenvalue weighted by Gasteiger charge is -2.36. The third-order valence-electron chi connectivity index (χ3n) is 4.23. The second kappa shape index (κ2) is 6.72. The Morgan fingerprint density at radius 1 is 1.33 bits per heavy atom. The highest BCUT2D eigenvalue weighted by Crippen LogP contribution is 2.24. The number of carboxylic acid groups (broad SMARTS) is 1. The molecule has 1 aromatic carbocycles. The Morgan fingerprint density at radius 3 is 2.57 bits per heavy atom. The summed E-state index contributed by atoms with van der Waals surface area (Å²) in [6.45, 7) is 2.85. The molecule has 1 amide bonds. The van der Waals surface area contributed by atoms with E-state index in [9.17, 15) is 9.59 Å². The highest BCUT2D eigenvalue weighted by Gasteiger charge is 2.32. The highest BCUT2D eigenvalue weighted by atomic mass is 16.4. The number of aliphatic carboxylic acids is 1. The first kappa shape index (κ1) is 15.5. The topological polar surface area (TPSA) is 83.6 Å². The monoisotopic (exact) mass is 290 g/mol. The average Bonchev–Trinajstić information content (AvgIpc) is 2.47. The normalized spacial score (nSPS) is 22.1. The number of likely N-dealkylation sites (tertiary alicyclic amines) is 1. The zero-order valence-corrected chi connectivity index (χ0v) is 12.3. The van der Waals surface area contributed by atoms with Crippen molar-refractivity contribution in [1.82, 2.24) is 4.90 Å². The summed E-state index contributed by atoms with van der Waals surface area (Å²) in [5.41, 5.74) is 7.63. The third kappa shape index (κ3) is 3.61. The van der Waals surface area contributed by atoms with Crippen LogP contribution in [0.4, 0.5) is 0 Å². The van der Waals surface area contributed by atoms with Gasteiger partial charge >= 0.3 is 5.97 Å². The van der Waals surface area contributed by atoms with Gasteiger partial charge in [0, 0.05) is 19.1 Å². The van der Waals surface area contributed by atoms with E-state index >= 15 is 0 Å². The summed E-state index contributed by atoms with van der Waals surface area (Å²) in [6, 6.07) is 7.65. The molecule has 1 heterocycles. The van der Waals surface area contributed by atoms with Gasteiger partial charge in [0.05, 0.1) is 12.3 Å². The van der Waals surface area contributed by atoms with E-state index < -0.39 is 5.97 Å². The molecule has 3 N–H and O–H groups in total. The summed E-state index contributed by atoms with van der Waals surface area (Å²) in [5.74, 6) is -1.05. The van der Waals surface area contributed by atoms with Crippen molar-refractivity contribution < 1.29 is 14.7 Å². The molecule has 5 nitrogen and oxygen atoms in total. The maximum Gasteiger partial charge on any atom is 0.306 e. The second-order valence-electron chi connectivity index (χ2n) is 5.65. The molecule has 0 bridgehead atoms. The van der Waals surface area contributed by atoms with Gasteiger partial charge in [0.2, 0.25) is 5.91 Å².